The van der Waals surface area contributed by atoms with Gasteiger partial charge in [-0.3, -0.25) is 4.98 Å². The summed E-state index contributed by atoms with van der Waals surface area (Å²) in [6.45, 7) is 6.31. The van der Waals surface area contributed by atoms with E-state index in [-0.39, 0.29) is 0 Å². The fourth-order valence-electron chi connectivity index (χ4n) is 2.53. The van der Waals surface area contributed by atoms with Crippen molar-refractivity contribution in [1.29, 1.82) is 0 Å². The lowest BCUT2D eigenvalue weighted by atomic mass is 10.1. The zero-order valence-electron chi connectivity index (χ0n) is 12.0. The quantitative estimate of drug-likeness (QED) is 0.732. The maximum atomic E-state index is 4.64. The van der Waals surface area contributed by atoms with E-state index in [1.807, 2.05) is 23.7 Å². The number of rotatable bonds is 3. The average Bonchev–Trinajstić information content (AvgIpc) is 2.75. The Kier molecular flexibility index (Phi) is 3.18. The normalized spacial score (nSPS) is 11.2. The number of hydrogen-bond acceptors (Lipinski definition) is 4. The maximum absolute atomic E-state index is 4.64. The molecule has 0 aromatic carbocycles. The predicted octanol–water partition coefficient (Wildman–Crippen LogP) is 2.78. The van der Waals surface area contributed by atoms with Gasteiger partial charge in [-0.2, -0.15) is 5.10 Å². The zero-order chi connectivity index (χ0) is 14.1. The molecule has 3 aromatic heterocycles. The van der Waals surface area contributed by atoms with E-state index in [1.165, 1.54) is 5.56 Å². The molecule has 0 radical (unpaired) electrons. The minimum atomic E-state index is 0.749. The van der Waals surface area contributed by atoms with Crippen LogP contribution in [0.5, 0.6) is 0 Å². The summed E-state index contributed by atoms with van der Waals surface area (Å²) in [5, 5.41) is 4.64. The first kappa shape index (κ1) is 12.7. The fourth-order valence-corrected chi connectivity index (χ4v) is 2.53. The summed E-state index contributed by atoms with van der Waals surface area (Å²) in [6, 6.07) is 3.81. The summed E-state index contributed by atoms with van der Waals surface area (Å²) in [7, 11) is 0. The number of fused-ring (bicyclic) bond motifs is 1. The van der Waals surface area contributed by atoms with Crippen molar-refractivity contribution in [2.24, 2.45) is 0 Å². The molecule has 0 saturated carbocycles. The summed E-state index contributed by atoms with van der Waals surface area (Å²) in [5.74, 6) is 0.749. The van der Waals surface area contributed by atoms with Gasteiger partial charge in [0, 0.05) is 11.9 Å². The summed E-state index contributed by atoms with van der Waals surface area (Å²) in [5.41, 5.74) is 5.11. The standard InChI is InChI=1S/C15H17N5/c1-4-6-12-10(2)19-20(11(12)3)15-14-13(17-9-18-15)7-5-8-16-14/h5,7-9H,4,6H2,1-3H3. The van der Waals surface area contributed by atoms with Crippen LogP contribution in [0, 0.1) is 13.8 Å². The Hall–Kier alpha value is -2.30. The Morgan fingerprint density at radius 3 is 2.80 bits per heavy atom. The minimum absolute atomic E-state index is 0.749. The van der Waals surface area contributed by atoms with Crippen LogP contribution in [0.3, 0.4) is 0 Å². The molecule has 0 N–H and O–H groups in total. The second kappa shape index (κ2) is 5.00. The third-order valence-corrected chi connectivity index (χ3v) is 3.52. The second-order valence-electron chi connectivity index (χ2n) is 4.88. The van der Waals surface area contributed by atoms with Crippen molar-refractivity contribution >= 4 is 11.0 Å². The molecule has 3 aromatic rings. The van der Waals surface area contributed by atoms with E-state index in [0.717, 1.165) is 41.1 Å². The third-order valence-electron chi connectivity index (χ3n) is 3.52. The van der Waals surface area contributed by atoms with Gasteiger partial charge in [-0.05, 0) is 38.0 Å². The van der Waals surface area contributed by atoms with Crippen LogP contribution in [0.2, 0.25) is 0 Å². The van der Waals surface area contributed by atoms with Gasteiger partial charge in [0.25, 0.3) is 0 Å². The summed E-state index contributed by atoms with van der Waals surface area (Å²) in [6.07, 6.45) is 5.47. The summed E-state index contributed by atoms with van der Waals surface area (Å²) >= 11 is 0. The molecular formula is C15H17N5. The first-order valence-electron chi connectivity index (χ1n) is 6.83. The topological polar surface area (TPSA) is 56.5 Å². The first-order chi connectivity index (χ1) is 9.72. The molecule has 0 atom stereocenters. The Morgan fingerprint density at radius 1 is 1.15 bits per heavy atom. The second-order valence-corrected chi connectivity index (χ2v) is 4.88. The molecule has 0 aliphatic rings. The molecule has 0 bridgehead atoms. The molecule has 0 spiro atoms. The van der Waals surface area contributed by atoms with Gasteiger partial charge in [0.05, 0.1) is 11.2 Å². The molecule has 3 heterocycles. The first-order valence-corrected chi connectivity index (χ1v) is 6.83. The molecule has 5 heteroatoms. The lowest BCUT2D eigenvalue weighted by Gasteiger charge is -2.06. The molecule has 0 fully saturated rings. The molecule has 20 heavy (non-hydrogen) atoms. The van der Waals surface area contributed by atoms with Crippen molar-refractivity contribution in [3.63, 3.8) is 0 Å². The van der Waals surface area contributed by atoms with E-state index in [2.05, 4.69) is 33.9 Å². The van der Waals surface area contributed by atoms with Crippen molar-refractivity contribution in [2.75, 3.05) is 0 Å². The van der Waals surface area contributed by atoms with E-state index in [9.17, 15) is 0 Å². The average molecular weight is 267 g/mol. The number of nitrogens with zero attached hydrogens (tertiary/aromatic N) is 5. The largest absolute Gasteiger partial charge is 0.251 e. The van der Waals surface area contributed by atoms with E-state index in [1.54, 1.807) is 12.5 Å². The van der Waals surface area contributed by atoms with Crippen LogP contribution < -0.4 is 0 Å². The highest BCUT2D eigenvalue weighted by molar-refractivity contribution is 5.80. The van der Waals surface area contributed by atoms with Crippen LogP contribution in [-0.4, -0.2) is 24.7 Å². The lowest BCUT2D eigenvalue weighted by molar-refractivity contribution is 0.805. The van der Waals surface area contributed by atoms with Crippen molar-refractivity contribution in [2.45, 2.75) is 33.6 Å². The number of pyridine rings is 1. The molecule has 5 nitrogen and oxygen atoms in total. The third kappa shape index (κ3) is 1.95. The monoisotopic (exact) mass is 267 g/mol. The van der Waals surface area contributed by atoms with Gasteiger partial charge in [-0.1, -0.05) is 13.3 Å². The zero-order valence-corrected chi connectivity index (χ0v) is 12.0. The van der Waals surface area contributed by atoms with Gasteiger partial charge in [-0.25, -0.2) is 14.6 Å². The van der Waals surface area contributed by atoms with Gasteiger partial charge >= 0.3 is 0 Å². The molecule has 0 saturated heterocycles. The van der Waals surface area contributed by atoms with E-state index < -0.39 is 0 Å². The SMILES string of the molecule is CCCc1c(C)nn(-c2ncnc3cccnc23)c1C. The highest BCUT2D eigenvalue weighted by atomic mass is 15.3. The molecular weight excluding hydrogens is 250 g/mol. The highest BCUT2D eigenvalue weighted by Gasteiger charge is 2.15. The molecule has 0 unspecified atom stereocenters. The predicted molar refractivity (Wildman–Crippen MR) is 77.9 cm³/mol. The van der Waals surface area contributed by atoms with Crippen molar-refractivity contribution in [1.82, 2.24) is 24.7 Å². The van der Waals surface area contributed by atoms with Crippen LogP contribution in [0.25, 0.3) is 16.9 Å². The van der Waals surface area contributed by atoms with Crippen molar-refractivity contribution in [3.8, 4) is 5.82 Å². The van der Waals surface area contributed by atoms with Gasteiger partial charge in [0.1, 0.15) is 11.8 Å². The maximum Gasteiger partial charge on any atom is 0.183 e. The number of hydrogen-bond donors (Lipinski definition) is 0. The highest BCUT2D eigenvalue weighted by Crippen LogP contribution is 2.21. The lowest BCUT2D eigenvalue weighted by Crippen LogP contribution is -2.05. The Bertz CT molecular complexity index is 755. The van der Waals surface area contributed by atoms with Crippen LogP contribution in [0.4, 0.5) is 0 Å². The van der Waals surface area contributed by atoms with Crippen molar-refractivity contribution < 1.29 is 0 Å². The Labute approximate surface area is 117 Å². The van der Waals surface area contributed by atoms with Crippen LogP contribution in [0.15, 0.2) is 24.7 Å². The molecule has 0 aliphatic heterocycles. The molecule has 0 aliphatic carbocycles. The van der Waals surface area contributed by atoms with Gasteiger partial charge in [-0.15, -0.1) is 0 Å². The smallest absolute Gasteiger partial charge is 0.183 e. The van der Waals surface area contributed by atoms with E-state index >= 15 is 0 Å². The van der Waals surface area contributed by atoms with Gasteiger partial charge in [0.15, 0.2) is 5.82 Å². The van der Waals surface area contributed by atoms with E-state index in [4.69, 9.17) is 0 Å². The Balaban J connectivity index is 2.24. The summed E-state index contributed by atoms with van der Waals surface area (Å²) in [4.78, 5) is 13.0. The van der Waals surface area contributed by atoms with Crippen LogP contribution in [-0.2, 0) is 6.42 Å². The van der Waals surface area contributed by atoms with E-state index in [0.29, 0.717) is 0 Å². The molecule has 0 amide bonds. The minimum Gasteiger partial charge on any atom is -0.251 e. The van der Waals surface area contributed by atoms with Crippen molar-refractivity contribution in [3.05, 3.63) is 41.6 Å². The number of aromatic nitrogens is 5. The van der Waals surface area contributed by atoms with Gasteiger partial charge in [0.2, 0.25) is 0 Å². The number of aryl methyl sites for hydroxylation is 1. The van der Waals surface area contributed by atoms with Crippen LogP contribution >= 0.6 is 0 Å². The summed E-state index contributed by atoms with van der Waals surface area (Å²) < 4.78 is 1.89. The fraction of sp³-hybridized carbons (Fsp3) is 0.333. The van der Waals surface area contributed by atoms with Gasteiger partial charge < -0.3 is 0 Å². The van der Waals surface area contributed by atoms with Crippen LogP contribution in [0.1, 0.15) is 30.3 Å². The molecule has 102 valence electrons. The molecule has 3 rings (SSSR count). The Morgan fingerprint density at radius 2 is 2.00 bits per heavy atom.